The van der Waals surface area contributed by atoms with Crippen LogP contribution in [0.15, 0.2) is 12.3 Å². The maximum Gasteiger partial charge on any atom is 0.220 e. The number of aryl methyl sites for hydroxylation is 1. The van der Waals surface area contributed by atoms with Crippen LogP contribution in [0.3, 0.4) is 0 Å². The fourth-order valence-corrected chi connectivity index (χ4v) is 1.49. The topological polar surface area (TPSA) is 106 Å². The Labute approximate surface area is 99.0 Å². The first kappa shape index (κ1) is 13.4. The SMILES string of the molecule is COc1cc(C)c(C(O)C(O)CC(N)=O)cn1. The van der Waals surface area contributed by atoms with Crippen LogP contribution < -0.4 is 10.5 Å². The zero-order valence-electron chi connectivity index (χ0n) is 9.75. The molecule has 0 aliphatic heterocycles. The van der Waals surface area contributed by atoms with Crippen molar-refractivity contribution in [2.24, 2.45) is 5.73 Å². The third kappa shape index (κ3) is 3.40. The van der Waals surface area contributed by atoms with Crippen LogP contribution in [0.2, 0.25) is 0 Å². The highest BCUT2D eigenvalue weighted by molar-refractivity contribution is 5.74. The molecule has 1 aromatic rings. The molecule has 94 valence electrons. The number of amides is 1. The van der Waals surface area contributed by atoms with Crippen molar-refractivity contribution in [1.82, 2.24) is 4.98 Å². The molecule has 4 N–H and O–H groups in total. The van der Waals surface area contributed by atoms with Crippen LogP contribution >= 0.6 is 0 Å². The van der Waals surface area contributed by atoms with E-state index < -0.39 is 18.1 Å². The van der Waals surface area contributed by atoms with Crippen molar-refractivity contribution in [3.8, 4) is 5.88 Å². The van der Waals surface area contributed by atoms with E-state index in [9.17, 15) is 15.0 Å². The Hall–Kier alpha value is -1.66. The van der Waals surface area contributed by atoms with E-state index in [4.69, 9.17) is 10.5 Å². The zero-order chi connectivity index (χ0) is 13.0. The van der Waals surface area contributed by atoms with Gasteiger partial charge in [0, 0.05) is 17.8 Å². The Morgan fingerprint density at radius 2 is 2.24 bits per heavy atom. The predicted octanol–water partition coefficient (Wildman–Crippen LogP) is -0.332. The number of nitrogens with two attached hydrogens (primary N) is 1. The Morgan fingerprint density at radius 1 is 1.59 bits per heavy atom. The summed E-state index contributed by atoms with van der Waals surface area (Å²) in [5, 5.41) is 19.4. The van der Waals surface area contributed by atoms with E-state index in [0.29, 0.717) is 17.0 Å². The molecule has 0 bridgehead atoms. The zero-order valence-corrected chi connectivity index (χ0v) is 9.75. The molecule has 1 rings (SSSR count). The third-order valence-corrected chi connectivity index (χ3v) is 2.43. The molecule has 0 aliphatic carbocycles. The van der Waals surface area contributed by atoms with Crippen LogP contribution in [0.1, 0.15) is 23.7 Å². The molecule has 1 amide bonds. The molecule has 0 radical (unpaired) electrons. The summed E-state index contributed by atoms with van der Waals surface area (Å²) in [6, 6.07) is 1.63. The number of hydrogen-bond donors (Lipinski definition) is 3. The molecular weight excluding hydrogens is 224 g/mol. The fraction of sp³-hybridized carbons (Fsp3) is 0.455. The van der Waals surface area contributed by atoms with Crippen LogP contribution in [-0.2, 0) is 4.79 Å². The summed E-state index contributed by atoms with van der Waals surface area (Å²) in [7, 11) is 1.49. The molecule has 2 atom stereocenters. The van der Waals surface area contributed by atoms with E-state index >= 15 is 0 Å². The Morgan fingerprint density at radius 3 is 2.71 bits per heavy atom. The van der Waals surface area contributed by atoms with Gasteiger partial charge in [-0.05, 0) is 12.5 Å². The minimum atomic E-state index is -1.23. The minimum Gasteiger partial charge on any atom is -0.481 e. The average Bonchev–Trinajstić information content (AvgIpc) is 2.27. The van der Waals surface area contributed by atoms with Crippen LogP contribution in [0.25, 0.3) is 0 Å². The van der Waals surface area contributed by atoms with Gasteiger partial charge in [-0.2, -0.15) is 0 Å². The van der Waals surface area contributed by atoms with Crippen molar-refractivity contribution in [3.63, 3.8) is 0 Å². The molecule has 0 saturated carbocycles. The van der Waals surface area contributed by atoms with E-state index in [1.807, 2.05) is 0 Å². The van der Waals surface area contributed by atoms with Gasteiger partial charge in [0.1, 0.15) is 6.10 Å². The molecular formula is C11H16N2O4. The molecule has 0 aliphatic rings. The number of aliphatic hydroxyl groups is 2. The Balaban J connectivity index is 2.88. The number of nitrogens with zero attached hydrogens (tertiary/aromatic N) is 1. The number of carbonyl (C=O) groups is 1. The maximum absolute atomic E-state index is 10.6. The number of methoxy groups -OCH3 is 1. The highest BCUT2D eigenvalue weighted by Gasteiger charge is 2.22. The Bertz CT molecular complexity index is 408. The quantitative estimate of drug-likeness (QED) is 0.653. The second kappa shape index (κ2) is 5.60. The van der Waals surface area contributed by atoms with Gasteiger partial charge >= 0.3 is 0 Å². The van der Waals surface area contributed by atoms with Crippen LogP contribution in [0.4, 0.5) is 0 Å². The molecule has 0 saturated heterocycles. The maximum atomic E-state index is 10.6. The van der Waals surface area contributed by atoms with Crippen LogP contribution in [0, 0.1) is 6.92 Å². The van der Waals surface area contributed by atoms with E-state index in [2.05, 4.69) is 4.98 Å². The van der Waals surface area contributed by atoms with Crippen molar-refractivity contribution in [1.29, 1.82) is 0 Å². The second-order valence-electron chi connectivity index (χ2n) is 3.77. The predicted molar refractivity (Wildman–Crippen MR) is 60.3 cm³/mol. The molecule has 6 heteroatoms. The summed E-state index contributed by atoms with van der Waals surface area (Å²) in [6.07, 6.45) is -1.32. The first-order chi connectivity index (χ1) is 7.95. The number of aromatic nitrogens is 1. The number of aliphatic hydroxyl groups excluding tert-OH is 2. The lowest BCUT2D eigenvalue weighted by Gasteiger charge is -2.18. The second-order valence-corrected chi connectivity index (χ2v) is 3.77. The van der Waals surface area contributed by atoms with Gasteiger partial charge in [0.05, 0.1) is 19.6 Å². The van der Waals surface area contributed by atoms with E-state index in [1.54, 1.807) is 13.0 Å². The lowest BCUT2D eigenvalue weighted by molar-refractivity contribution is -0.121. The largest absolute Gasteiger partial charge is 0.481 e. The normalized spacial score (nSPS) is 14.1. The van der Waals surface area contributed by atoms with Crippen molar-refractivity contribution >= 4 is 5.91 Å². The van der Waals surface area contributed by atoms with E-state index in [-0.39, 0.29) is 6.42 Å². The number of hydrogen-bond acceptors (Lipinski definition) is 5. The van der Waals surface area contributed by atoms with Gasteiger partial charge in [0.2, 0.25) is 11.8 Å². The summed E-state index contributed by atoms with van der Waals surface area (Å²) in [5.74, 6) is -0.251. The summed E-state index contributed by atoms with van der Waals surface area (Å²) >= 11 is 0. The van der Waals surface area contributed by atoms with Crippen LogP contribution in [-0.4, -0.2) is 34.3 Å². The summed E-state index contributed by atoms with van der Waals surface area (Å²) in [5.41, 5.74) is 6.11. The highest BCUT2D eigenvalue weighted by Crippen LogP contribution is 2.23. The molecule has 1 heterocycles. The van der Waals surface area contributed by atoms with Gasteiger partial charge in [-0.3, -0.25) is 4.79 Å². The first-order valence-corrected chi connectivity index (χ1v) is 5.10. The summed E-state index contributed by atoms with van der Waals surface area (Å²) in [4.78, 5) is 14.6. The molecule has 0 spiro atoms. The summed E-state index contributed by atoms with van der Waals surface area (Å²) < 4.78 is 4.93. The number of pyridine rings is 1. The van der Waals surface area contributed by atoms with Gasteiger partial charge in [-0.15, -0.1) is 0 Å². The van der Waals surface area contributed by atoms with Gasteiger partial charge in [-0.1, -0.05) is 0 Å². The molecule has 0 fully saturated rings. The average molecular weight is 240 g/mol. The highest BCUT2D eigenvalue weighted by atomic mass is 16.5. The molecule has 0 aromatic carbocycles. The Kier molecular flexibility index (Phi) is 4.42. The van der Waals surface area contributed by atoms with E-state index in [1.165, 1.54) is 13.3 Å². The van der Waals surface area contributed by atoms with Crippen molar-refractivity contribution < 1.29 is 19.7 Å². The molecule has 2 unspecified atom stereocenters. The number of ether oxygens (including phenoxy) is 1. The van der Waals surface area contributed by atoms with Crippen molar-refractivity contribution in [3.05, 3.63) is 23.4 Å². The summed E-state index contributed by atoms with van der Waals surface area (Å²) in [6.45, 7) is 1.75. The number of primary amides is 1. The monoisotopic (exact) mass is 240 g/mol. The lowest BCUT2D eigenvalue weighted by Crippen LogP contribution is -2.26. The minimum absolute atomic E-state index is 0.299. The smallest absolute Gasteiger partial charge is 0.220 e. The third-order valence-electron chi connectivity index (χ3n) is 2.43. The first-order valence-electron chi connectivity index (χ1n) is 5.10. The van der Waals surface area contributed by atoms with Crippen molar-refractivity contribution in [2.45, 2.75) is 25.6 Å². The van der Waals surface area contributed by atoms with Gasteiger partial charge in [-0.25, -0.2) is 4.98 Å². The molecule has 1 aromatic heterocycles. The van der Waals surface area contributed by atoms with Crippen LogP contribution in [0.5, 0.6) is 5.88 Å². The lowest BCUT2D eigenvalue weighted by atomic mass is 10.00. The molecule has 6 nitrogen and oxygen atoms in total. The van der Waals surface area contributed by atoms with E-state index in [0.717, 1.165) is 0 Å². The number of carbonyl (C=O) groups excluding carboxylic acids is 1. The fourth-order valence-electron chi connectivity index (χ4n) is 1.49. The molecule has 17 heavy (non-hydrogen) atoms. The standard InChI is InChI=1S/C11H16N2O4/c1-6-3-10(17-2)13-5-7(6)11(16)8(14)4-9(12)15/h3,5,8,11,14,16H,4H2,1-2H3,(H2,12,15). The van der Waals surface area contributed by atoms with Crippen molar-refractivity contribution in [2.75, 3.05) is 7.11 Å². The van der Waals surface area contributed by atoms with Gasteiger partial charge in [0.25, 0.3) is 0 Å². The number of rotatable bonds is 5. The van der Waals surface area contributed by atoms with Gasteiger partial charge in [0.15, 0.2) is 0 Å². The van der Waals surface area contributed by atoms with Gasteiger partial charge < -0.3 is 20.7 Å².